The van der Waals surface area contributed by atoms with Gasteiger partial charge in [-0.1, -0.05) is 35.0 Å². The number of likely N-dealkylation sites (N-methyl/N-ethyl adjacent to an activating group) is 1. The van der Waals surface area contributed by atoms with Crippen LogP contribution in [0.5, 0.6) is 0 Å². The van der Waals surface area contributed by atoms with Crippen LogP contribution in [0.25, 0.3) is 11.3 Å². The standard InChI is InChI=1S/C22H24N4O2/c1-16-3-5-17(6-4-16)21-20(15-23-28-21)22(27)24-18-7-9-19(10-8-18)26-13-11-25(2)12-14-26/h3-10,15H,11-14H2,1-2H3,(H,24,27). The number of hydrogen-bond acceptors (Lipinski definition) is 5. The van der Waals surface area contributed by atoms with Crippen LogP contribution in [-0.2, 0) is 0 Å². The third-order valence-corrected chi connectivity index (χ3v) is 5.12. The van der Waals surface area contributed by atoms with Crippen molar-refractivity contribution in [2.45, 2.75) is 6.92 Å². The van der Waals surface area contributed by atoms with Crippen molar-refractivity contribution in [3.8, 4) is 11.3 Å². The first-order valence-electron chi connectivity index (χ1n) is 9.47. The minimum atomic E-state index is -0.232. The van der Waals surface area contributed by atoms with Gasteiger partial charge in [0.1, 0.15) is 5.56 Å². The van der Waals surface area contributed by atoms with Crippen LogP contribution in [0.3, 0.4) is 0 Å². The Kier molecular flexibility index (Phi) is 5.12. The van der Waals surface area contributed by atoms with Crippen molar-refractivity contribution < 1.29 is 9.32 Å². The second-order valence-corrected chi connectivity index (χ2v) is 7.23. The molecule has 6 nitrogen and oxygen atoms in total. The van der Waals surface area contributed by atoms with Gasteiger partial charge in [-0.3, -0.25) is 4.79 Å². The fourth-order valence-corrected chi connectivity index (χ4v) is 3.33. The van der Waals surface area contributed by atoms with Gasteiger partial charge in [0.25, 0.3) is 5.91 Å². The maximum atomic E-state index is 12.7. The second kappa shape index (κ2) is 7.86. The first-order valence-corrected chi connectivity index (χ1v) is 9.47. The van der Waals surface area contributed by atoms with Crippen molar-refractivity contribution in [1.82, 2.24) is 10.1 Å². The first kappa shape index (κ1) is 18.3. The highest BCUT2D eigenvalue weighted by atomic mass is 16.5. The zero-order valence-electron chi connectivity index (χ0n) is 16.2. The van der Waals surface area contributed by atoms with Gasteiger partial charge in [0, 0.05) is 43.1 Å². The lowest BCUT2D eigenvalue weighted by Crippen LogP contribution is -2.44. The Bertz CT molecular complexity index is 939. The summed E-state index contributed by atoms with van der Waals surface area (Å²) in [5.41, 5.74) is 4.33. The van der Waals surface area contributed by atoms with Gasteiger partial charge in [-0.05, 0) is 38.2 Å². The second-order valence-electron chi connectivity index (χ2n) is 7.23. The summed E-state index contributed by atoms with van der Waals surface area (Å²) in [6.07, 6.45) is 1.46. The first-order chi connectivity index (χ1) is 13.6. The molecule has 6 heteroatoms. The summed E-state index contributed by atoms with van der Waals surface area (Å²) in [4.78, 5) is 17.4. The number of carbonyl (C=O) groups is 1. The van der Waals surface area contributed by atoms with E-state index in [1.807, 2.05) is 43.3 Å². The van der Waals surface area contributed by atoms with Gasteiger partial charge in [-0.15, -0.1) is 0 Å². The molecular weight excluding hydrogens is 352 g/mol. The quantitative estimate of drug-likeness (QED) is 0.753. The van der Waals surface area contributed by atoms with Crippen molar-refractivity contribution in [2.75, 3.05) is 43.4 Å². The minimum absolute atomic E-state index is 0.232. The number of nitrogens with one attached hydrogen (secondary N) is 1. The third kappa shape index (κ3) is 3.92. The normalized spacial score (nSPS) is 14.9. The molecule has 144 valence electrons. The molecule has 0 aliphatic carbocycles. The average molecular weight is 376 g/mol. The summed E-state index contributed by atoms with van der Waals surface area (Å²) < 4.78 is 5.34. The number of piperazine rings is 1. The van der Waals surface area contributed by atoms with E-state index in [4.69, 9.17) is 4.52 Å². The number of benzene rings is 2. The molecule has 1 aliphatic heterocycles. The summed E-state index contributed by atoms with van der Waals surface area (Å²) in [7, 11) is 2.14. The monoisotopic (exact) mass is 376 g/mol. The van der Waals surface area contributed by atoms with Crippen LogP contribution in [0.15, 0.2) is 59.3 Å². The highest BCUT2D eigenvalue weighted by molar-refractivity contribution is 6.07. The third-order valence-electron chi connectivity index (χ3n) is 5.12. The summed E-state index contributed by atoms with van der Waals surface area (Å²) in [6, 6.07) is 15.8. The van der Waals surface area contributed by atoms with Crippen LogP contribution in [0.4, 0.5) is 11.4 Å². The van der Waals surface area contributed by atoms with Crippen molar-refractivity contribution in [3.63, 3.8) is 0 Å². The zero-order chi connectivity index (χ0) is 19.5. The topological polar surface area (TPSA) is 61.6 Å². The van der Waals surface area contributed by atoms with Gasteiger partial charge < -0.3 is 19.6 Å². The number of carbonyl (C=O) groups excluding carboxylic acids is 1. The van der Waals surface area contributed by atoms with E-state index in [1.165, 1.54) is 11.9 Å². The van der Waals surface area contributed by atoms with Gasteiger partial charge in [0.15, 0.2) is 5.76 Å². The zero-order valence-corrected chi connectivity index (χ0v) is 16.2. The molecule has 1 saturated heterocycles. The molecule has 0 unspecified atom stereocenters. The number of hydrogen-bond donors (Lipinski definition) is 1. The molecule has 0 atom stereocenters. The molecule has 2 aromatic carbocycles. The van der Waals surface area contributed by atoms with Crippen molar-refractivity contribution >= 4 is 17.3 Å². The Balaban J connectivity index is 1.46. The minimum Gasteiger partial charge on any atom is -0.369 e. The Morgan fingerprint density at radius 3 is 2.36 bits per heavy atom. The Morgan fingerprint density at radius 2 is 1.68 bits per heavy atom. The molecule has 0 radical (unpaired) electrons. The summed E-state index contributed by atoms with van der Waals surface area (Å²) in [6.45, 7) is 6.18. The maximum absolute atomic E-state index is 12.7. The molecule has 0 saturated carbocycles. The number of rotatable bonds is 4. The number of aromatic nitrogens is 1. The van der Waals surface area contributed by atoms with Crippen molar-refractivity contribution in [2.24, 2.45) is 0 Å². The molecule has 28 heavy (non-hydrogen) atoms. The number of nitrogens with zero attached hydrogens (tertiary/aromatic N) is 3. The van der Waals surface area contributed by atoms with Crippen LogP contribution >= 0.6 is 0 Å². The fraction of sp³-hybridized carbons (Fsp3) is 0.273. The lowest BCUT2D eigenvalue weighted by Gasteiger charge is -2.34. The Hall–Kier alpha value is -3.12. The highest BCUT2D eigenvalue weighted by Gasteiger charge is 2.18. The molecule has 2 heterocycles. The van der Waals surface area contributed by atoms with E-state index < -0.39 is 0 Å². The predicted octanol–water partition coefficient (Wildman–Crippen LogP) is 3.65. The van der Waals surface area contributed by atoms with Gasteiger partial charge in [-0.2, -0.15) is 0 Å². The SMILES string of the molecule is Cc1ccc(-c2oncc2C(=O)Nc2ccc(N3CCN(C)CC3)cc2)cc1. The number of anilines is 2. The van der Waals surface area contributed by atoms with Crippen molar-refractivity contribution in [1.29, 1.82) is 0 Å². The van der Waals surface area contributed by atoms with E-state index in [2.05, 4.69) is 39.5 Å². The van der Waals surface area contributed by atoms with Crippen LogP contribution < -0.4 is 10.2 Å². The lowest BCUT2D eigenvalue weighted by atomic mass is 10.1. The molecule has 1 fully saturated rings. The smallest absolute Gasteiger partial charge is 0.261 e. The number of amides is 1. The molecule has 1 aliphatic rings. The molecule has 4 rings (SSSR count). The van der Waals surface area contributed by atoms with Crippen LogP contribution in [0.2, 0.25) is 0 Å². The lowest BCUT2D eigenvalue weighted by molar-refractivity contribution is 0.102. The van der Waals surface area contributed by atoms with Gasteiger partial charge in [0.05, 0.1) is 6.20 Å². The van der Waals surface area contributed by atoms with Gasteiger partial charge in [0.2, 0.25) is 0 Å². The van der Waals surface area contributed by atoms with Gasteiger partial charge in [-0.25, -0.2) is 0 Å². The molecule has 0 spiro atoms. The molecule has 1 N–H and O–H groups in total. The Morgan fingerprint density at radius 1 is 1.00 bits per heavy atom. The van der Waals surface area contributed by atoms with E-state index in [9.17, 15) is 4.79 Å². The van der Waals surface area contributed by atoms with E-state index in [0.717, 1.165) is 43.0 Å². The maximum Gasteiger partial charge on any atom is 0.261 e. The van der Waals surface area contributed by atoms with Crippen LogP contribution in [0, 0.1) is 6.92 Å². The fourth-order valence-electron chi connectivity index (χ4n) is 3.33. The predicted molar refractivity (Wildman–Crippen MR) is 111 cm³/mol. The Labute approximate surface area is 164 Å². The largest absolute Gasteiger partial charge is 0.369 e. The van der Waals surface area contributed by atoms with E-state index in [0.29, 0.717) is 11.3 Å². The molecule has 0 bridgehead atoms. The van der Waals surface area contributed by atoms with Crippen molar-refractivity contribution in [3.05, 3.63) is 65.9 Å². The summed E-state index contributed by atoms with van der Waals surface area (Å²) in [5, 5.41) is 6.76. The molecular formula is C22H24N4O2. The van der Waals surface area contributed by atoms with E-state index in [-0.39, 0.29) is 5.91 Å². The van der Waals surface area contributed by atoms with Gasteiger partial charge >= 0.3 is 0 Å². The van der Waals surface area contributed by atoms with E-state index >= 15 is 0 Å². The number of aryl methyl sites for hydroxylation is 1. The van der Waals surface area contributed by atoms with E-state index in [1.54, 1.807) is 0 Å². The van der Waals surface area contributed by atoms with Crippen LogP contribution in [-0.4, -0.2) is 49.2 Å². The average Bonchev–Trinajstić information content (AvgIpc) is 3.20. The molecule has 3 aromatic rings. The molecule has 1 amide bonds. The summed E-state index contributed by atoms with van der Waals surface area (Å²) >= 11 is 0. The van der Waals surface area contributed by atoms with Crippen LogP contribution in [0.1, 0.15) is 15.9 Å². The highest BCUT2D eigenvalue weighted by Crippen LogP contribution is 2.25. The summed E-state index contributed by atoms with van der Waals surface area (Å²) in [5.74, 6) is 0.246. The molecule has 1 aromatic heterocycles.